The van der Waals surface area contributed by atoms with Crippen molar-refractivity contribution in [3.05, 3.63) is 71.2 Å². The van der Waals surface area contributed by atoms with E-state index in [0.717, 1.165) is 29.6 Å². The maximum absolute atomic E-state index is 13.2. The number of nitrogens with zero attached hydrogens (tertiary/aromatic N) is 1. The summed E-state index contributed by atoms with van der Waals surface area (Å²) in [5, 5.41) is 1.14. The summed E-state index contributed by atoms with van der Waals surface area (Å²) >= 11 is 0. The van der Waals surface area contributed by atoms with E-state index in [1.807, 2.05) is 18.2 Å². The first-order chi connectivity index (χ1) is 10.2. The van der Waals surface area contributed by atoms with Crippen LogP contribution in [0.2, 0.25) is 0 Å². The van der Waals surface area contributed by atoms with Crippen molar-refractivity contribution >= 4 is 11.0 Å². The van der Waals surface area contributed by atoms with E-state index in [9.17, 15) is 4.39 Å². The third-order valence-corrected chi connectivity index (χ3v) is 4.33. The maximum atomic E-state index is 13.2. The van der Waals surface area contributed by atoms with E-state index < -0.39 is 0 Å². The summed E-state index contributed by atoms with van der Waals surface area (Å²) in [5.74, 6) is 0.0680. The molecule has 0 amide bonds. The molecule has 1 aromatic heterocycles. The summed E-state index contributed by atoms with van der Waals surface area (Å²) in [6, 6.07) is 13.1. The van der Waals surface area contributed by atoms with Gasteiger partial charge in [0.25, 0.3) is 0 Å². The predicted octanol–water partition coefficient (Wildman–Crippen LogP) is 4.15. The van der Waals surface area contributed by atoms with Crippen molar-refractivity contribution in [3.8, 4) is 0 Å². The van der Waals surface area contributed by atoms with Gasteiger partial charge >= 0.3 is 0 Å². The summed E-state index contributed by atoms with van der Waals surface area (Å²) in [6.45, 7) is 1.82. The molecule has 3 heteroatoms. The van der Waals surface area contributed by atoms with Crippen LogP contribution in [0.5, 0.6) is 0 Å². The molecular formula is C18H16FNO. The zero-order valence-corrected chi connectivity index (χ0v) is 11.8. The number of benzene rings is 2. The molecule has 0 radical (unpaired) electrons. The van der Waals surface area contributed by atoms with Gasteiger partial charge in [0.05, 0.1) is 6.26 Å². The number of rotatable bonds is 1. The van der Waals surface area contributed by atoms with E-state index in [2.05, 4.69) is 24.1 Å². The Morgan fingerprint density at radius 3 is 2.71 bits per heavy atom. The van der Waals surface area contributed by atoms with E-state index in [0.29, 0.717) is 0 Å². The van der Waals surface area contributed by atoms with Gasteiger partial charge in [-0.2, -0.15) is 0 Å². The highest BCUT2D eigenvalue weighted by molar-refractivity contribution is 5.82. The highest BCUT2D eigenvalue weighted by Crippen LogP contribution is 2.37. The molecule has 0 saturated carbocycles. The van der Waals surface area contributed by atoms with E-state index >= 15 is 0 Å². The standard InChI is InChI=1S/C18H16FNO/c1-20-10-16(12-2-5-14(19)6-3-12)15-7-4-13-8-9-21-18(13)17(15)11-20/h2-9,16H,10-11H2,1H3. The minimum Gasteiger partial charge on any atom is -0.464 e. The molecule has 0 aliphatic carbocycles. The molecule has 0 bridgehead atoms. The fraction of sp³-hybridized carbons (Fsp3) is 0.222. The monoisotopic (exact) mass is 281 g/mol. The third kappa shape index (κ3) is 2.05. The number of hydrogen-bond acceptors (Lipinski definition) is 2. The van der Waals surface area contributed by atoms with Gasteiger partial charge in [-0.15, -0.1) is 0 Å². The molecule has 0 fully saturated rings. The highest BCUT2D eigenvalue weighted by atomic mass is 19.1. The molecular weight excluding hydrogens is 265 g/mol. The lowest BCUT2D eigenvalue weighted by molar-refractivity contribution is 0.295. The number of halogens is 1. The van der Waals surface area contributed by atoms with Crippen molar-refractivity contribution < 1.29 is 8.81 Å². The Labute approximate surface area is 122 Å². The lowest BCUT2D eigenvalue weighted by Gasteiger charge is -2.32. The molecule has 2 aromatic carbocycles. The van der Waals surface area contributed by atoms with E-state index in [1.54, 1.807) is 6.26 Å². The predicted molar refractivity (Wildman–Crippen MR) is 80.8 cm³/mol. The van der Waals surface area contributed by atoms with Crippen LogP contribution in [0, 0.1) is 5.82 Å². The lowest BCUT2D eigenvalue weighted by Crippen LogP contribution is -2.31. The van der Waals surface area contributed by atoms with Crippen LogP contribution < -0.4 is 0 Å². The Kier molecular flexibility index (Phi) is 2.82. The van der Waals surface area contributed by atoms with Crippen LogP contribution in [-0.4, -0.2) is 18.5 Å². The van der Waals surface area contributed by atoms with E-state index in [4.69, 9.17) is 4.42 Å². The van der Waals surface area contributed by atoms with Crippen LogP contribution >= 0.6 is 0 Å². The minimum absolute atomic E-state index is 0.190. The number of hydrogen-bond donors (Lipinski definition) is 0. The van der Waals surface area contributed by atoms with Gasteiger partial charge in [-0.3, -0.25) is 0 Å². The molecule has 3 aromatic rings. The van der Waals surface area contributed by atoms with Crippen LogP contribution in [0.3, 0.4) is 0 Å². The van der Waals surface area contributed by atoms with Crippen molar-refractivity contribution in [3.63, 3.8) is 0 Å². The van der Waals surface area contributed by atoms with Crippen LogP contribution in [0.25, 0.3) is 11.0 Å². The van der Waals surface area contributed by atoms with Crippen molar-refractivity contribution in [1.82, 2.24) is 4.90 Å². The third-order valence-electron chi connectivity index (χ3n) is 4.33. The van der Waals surface area contributed by atoms with Gasteiger partial charge in [0.15, 0.2) is 0 Å². The first kappa shape index (κ1) is 12.6. The molecule has 0 spiro atoms. The maximum Gasteiger partial charge on any atom is 0.138 e. The Morgan fingerprint density at radius 2 is 1.90 bits per heavy atom. The first-order valence-electron chi connectivity index (χ1n) is 7.15. The van der Waals surface area contributed by atoms with E-state index in [-0.39, 0.29) is 11.7 Å². The zero-order valence-electron chi connectivity index (χ0n) is 11.8. The zero-order chi connectivity index (χ0) is 14.4. The Morgan fingerprint density at radius 1 is 1.10 bits per heavy atom. The SMILES string of the molecule is CN1Cc2c(ccc3ccoc23)C(c2ccc(F)cc2)C1. The van der Waals surface area contributed by atoms with Gasteiger partial charge in [0.1, 0.15) is 11.4 Å². The second kappa shape index (κ2) is 4.71. The molecule has 2 heterocycles. The topological polar surface area (TPSA) is 16.4 Å². The summed E-state index contributed by atoms with van der Waals surface area (Å²) in [4.78, 5) is 2.29. The molecule has 21 heavy (non-hydrogen) atoms. The lowest BCUT2D eigenvalue weighted by atomic mass is 9.84. The first-order valence-corrected chi connectivity index (χ1v) is 7.15. The molecule has 1 aliphatic rings. The van der Waals surface area contributed by atoms with Gasteiger partial charge in [0.2, 0.25) is 0 Å². The second-order valence-electron chi connectivity index (χ2n) is 5.77. The summed E-state index contributed by atoms with van der Waals surface area (Å²) in [6.07, 6.45) is 1.74. The molecule has 0 saturated heterocycles. The van der Waals surface area contributed by atoms with Crippen molar-refractivity contribution in [2.75, 3.05) is 13.6 Å². The largest absolute Gasteiger partial charge is 0.464 e. The minimum atomic E-state index is -0.190. The van der Waals surface area contributed by atoms with Crippen LogP contribution in [0.4, 0.5) is 4.39 Å². The second-order valence-corrected chi connectivity index (χ2v) is 5.77. The van der Waals surface area contributed by atoms with Crippen molar-refractivity contribution in [1.29, 1.82) is 0 Å². The van der Waals surface area contributed by atoms with Crippen LogP contribution in [0.15, 0.2) is 53.1 Å². The quantitative estimate of drug-likeness (QED) is 0.666. The van der Waals surface area contributed by atoms with Crippen molar-refractivity contribution in [2.24, 2.45) is 0 Å². The smallest absolute Gasteiger partial charge is 0.138 e. The molecule has 2 nitrogen and oxygen atoms in total. The number of likely N-dealkylation sites (N-methyl/N-ethyl adjacent to an activating group) is 1. The Bertz CT molecular complexity index is 791. The van der Waals surface area contributed by atoms with Gasteiger partial charge in [0, 0.05) is 30.0 Å². The van der Waals surface area contributed by atoms with Gasteiger partial charge < -0.3 is 9.32 Å². The average Bonchev–Trinajstić information content (AvgIpc) is 2.96. The highest BCUT2D eigenvalue weighted by Gasteiger charge is 2.27. The fourth-order valence-electron chi connectivity index (χ4n) is 3.32. The van der Waals surface area contributed by atoms with Gasteiger partial charge in [-0.05, 0) is 36.4 Å². The molecule has 1 atom stereocenters. The van der Waals surface area contributed by atoms with Gasteiger partial charge in [-0.1, -0.05) is 24.3 Å². The number of fused-ring (bicyclic) bond motifs is 3. The van der Waals surface area contributed by atoms with Crippen LogP contribution in [0.1, 0.15) is 22.6 Å². The van der Waals surface area contributed by atoms with Gasteiger partial charge in [-0.25, -0.2) is 4.39 Å². The summed E-state index contributed by atoms with van der Waals surface area (Å²) in [7, 11) is 2.11. The molecule has 0 N–H and O–H groups in total. The Balaban J connectivity index is 1.89. The van der Waals surface area contributed by atoms with E-state index in [1.165, 1.54) is 23.3 Å². The normalized spacial score (nSPS) is 18.9. The molecule has 1 unspecified atom stereocenters. The molecule has 106 valence electrons. The fourth-order valence-corrected chi connectivity index (χ4v) is 3.32. The average molecular weight is 281 g/mol. The summed E-state index contributed by atoms with van der Waals surface area (Å²) < 4.78 is 18.8. The molecule has 4 rings (SSSR count). The number of furan rings is 1. The van der Waals surface area contributed by atoms with Crippen LogP contribution in [-0.2, 0) is 6.54 Å². The molecule has 1 aliphatic heterocycles. The summed E-state index contributed by atoms with van der Waals surface area (Å²) in [5.41, 5.74) is 4.67. The Hall–Kier alpha value is -2.13. The van der Waals surface area contributed by atoms with Crippen molar-refractivity contribution in [2.45, 2.75) is 12.5 Å².